The van der Waals surface area contributed by atoms with Crippen LogP contribution in [-0.4, -0.2) is 37.8 Å². The van der Waals surface area contributed by atoms with Crippen LogP contribution in [0.2, 0.25) is 0 Å². The zero-order chi connectivity index (χ0) is 16.7. The summed E-state index contributed by atoms with van der Waals surface area (Å²) in [5.74, 6) is 1.23. The Kier molecular flexibility index (Phi) is 4.12. The highest BCUT2D eigenvalue weighted by Gasteiger charge is 2.40. The van der Waals surface area contributed by atoms with E-state index in [1.807, 2.05) is 0 Å². The van der Waals surface area contributed by atoms with Crippen molar-refractivity contribution in [2.75, 3.05) is 13.1 Å². The van der Waals surface area contributed by atoms with E-state index < -0.39 is 10.0 Å². The van der Waals surface area contributed by atoms with Gasteiger partial charge in [0, 0.05) is 24.7 Å². The fraction of sp³-hybridized carbons (Fsp3) is 0.611. The van der Waals surface area contributed by atoms with Gasteiger partial charge < -0.3 is 5.32 Å². The number of benzene rings is 1. The minimum Gasteiger partial charge on any atom is -0.349 e. The van der Waals surface area contributed by atoms with Crippen molar-refractivity contribution in [3.63, 3.8) is 0 Å². The van der Waals surface area contributed by atoms with Crippen molar-refractivity contribution in [3.8, 4) is 0 Å². The number of nitrogens with zero attached hydrogens (tertiary/aromatic N) is 1. The lowest BCUT2D eigenvalue weighted by Crippen LogP contribution is -2.38. The molecule has 0 aromatic heterocycles. The third kappa shape index (κ3) is 2.86. The third-order valence-corrected chi connectivity index (χ3v) is 7.75. The van der Waals surface area contributed by atoms with Gasteiger partial charge in [0.1, 0.15) is 0 Å². The number of carbonyl (C=O) groups is 1. The molecule has 24 heavy (non-hydrogen) atoms. The number of sulfonamides is 1. The second-order valence-electron chi connectivity index (χ2n) is 7.39. The maximum absolute atomic E-state index is 12.7. The van der Waals surface area contributed by atoms with Crippen molar-refractivity contribution in [3.05, 3.63) is 29.8 Å². The minimum atomic E-state index is -3.48. The van der Waals surface area contributed by atoms with Crippen LogP contribution in [0, 0.1) is 11.8 Å². The lowest BCUT2D eigenvalue weighted by molar-refractivity contribution is 0.0922. The molecule has 2 saturated carbocycles. The van der Waals surface area contributed by atoms with E-state index in [4.69, 9.17) is 0 Å². The fourth-order valence-corrected chi connectivity index (χ4v) is 6.11. The highest BCUT2D eigenvalue weighted by Crippen LogP contribution is 2.44. The van der Waals surface area contributed by atoms with Gasteiger partial charge in [-0.1, -0.05) is 12.5 Å². The predicted molar refractivity (Wildman–Crippen MR) is 91.1 cm³/mol. The summed E-state index contributed by atoms with van der Waals surface area (Å²) in [7, 11) is -3.48. The maximum Gasteiger partial charge on any atom is 0.251 e. The lowest BCUT2D eigenvalue weighted by Gasteiger charge is -2.23. The van der Waals surface area contributed by atoms with Crippen LogP contribution in [0.1, 0.15) is 48.9 Å². The summed E-state index contributed by atoms with van der Waals surface area (Å²) in [5, 5.41) is 3.13. The smallest absolute Gasteiger partial charge is 0.251 e. The number of amides is 1. The highest BCUT2D eigenvalue weighted by molar-refractivity contribution is 7.89. The molecule has 0 radical (unpaired) electrons. The largest absolute Gasteiger partial charge is 0.349 e. The quantitative estimate of drug-likeness (QED) is 0.908. The van der Waals surface area contributed by atoms with Crippen LogP contribution in [0.25, 0.3) is 0 Å². The van der Waals surface area contributed by atoms with E-state index in [1.165, 1.54) is 29.6 Å². The van der Waals surface area contributed by atoms with Gasteiger partial charge >= 0.3 is 0 Å². The molecule has 1 amide bonds. The molecule has 1 aliphatic heterocycles. The van der Waals surface area contributed by atoms with Gasteiger partial charge in [-0.3, -0.25) is 4.79 Å². The van der Waals surface area contributed by atoms with E-state index in [-0.39, 0.29) is 16.8 Å². The molecule has 130 valence electrons. The number of fused-ring (bicyclic) bond motifs is 2. The molecular weight excluding hydrogens is 324 g/mol. The van der Waals surface area contributed by atoms with Gasteiger partial charge in [0.15, 0.2) is 0 Å². The topological polar surface area (TPSA) is 66.5 Å². The third-order valence-electron chi connectivity index (χ3n) is 5.85. The van der Waals surface area contributed by atoms with Gasteiger partial charge in [0.2, 0.25) is 10.0 Å². The van der Waals surface area contributed by atoms with Gasteiger partial charge in [-0.15, -0.1) is 0 Å². The highest BCUT2D eigenvalue weighted by atomic mass is 32.2. The summed E-state index contributed by atoms with van der Waals surface area (Å²) in [6.45, 7) is 1.15. The monoisotopic (exact) mass is 348 g/mol. The number of hydrogen-bond acceptors (Lipinski definition) is 3. The van der Waals surface area contributed by atoms with Gasteiger partial charge in [-0.2, -0.15) is 4.31 Å². The van der Waals surface area contributed by atoms with Crippen molar-refractivity contribution in [2.45, 2.75) is 49.5 Å². The Labute approximate surface area is 143 Å². The molecule has 3 fully saturated rings. The Morgan fingerprint density at radius 2 is 1.92 bits per heavy atom. The molecule has 1 heterocycles. The van der Waals surface area contributed by atoms with Crippen LogP contribution in [0.15, 0.2) is 29.2 Å². The number of nitrogens with one attached hydrogen (secondary N) is 1. The molecule has 2 bridgehead atoms. The maximum atomic E-state index is 12.7. The molecule has 1 N–H and O–H groups in total. The van der Waals surface area contributed by atoms with Crippen molar-refractivity contribution in [1.82, 2.24) is 9.62 Å². The van der Waals surface area contributed by atoms with Crippen molar-refractivity contribution in [2.24, 2.45) is 11.8 Å². The Morgan fingerprint density at radius 1 is 1.12 bits per heavy atom. The van der Waals surface area contributed by atoms with Crippen molar-refractivity contribution < 1.29 is 13.2 Å². The van der Waals surface area contributed by atoms with Crippen LogP contribution < -0.4 is 5.32 Å². The average molecular weight is 348 g/mol. The summed E-state index contributed by atoms with van der Waals surface area (Å²) in [4.78, 5) is 12.8. The number of hydrogen-bond donors (Lipinski definition) is 1. The first-order chi connectivity index (χ1) is 11.5. The van der Waals surface area contributed by atoms with E-state index >= 15 is 0 Å². The zero-order valence-corrected chi connectivity index (χ0v) is 14.6. The van der Waals surface area contributed by atoms with E-state index in [2.05, 4.69) is 5.32 Å². The minimum absolute atomic E-state index is 0.147. The summed E-state index contributed by atoms with van der Waals surface area (Å²) >= 11 is 0. The zero-order valence-electron chi connectivity index (χ0n) is 13.8. The Morgan fingerprint density at radius 3 is 2.58 bits per heavy atom. The second-order valence-corrected chi connectivity index (χ2v) is 9.33. The summed E-state index contributed by atoms with van der Waals surface area (Å²) in [6.07, 6.45) is 6.61. The Bertz CT molecular complexity index is 740. The van der Waals surface area contributed by atoms with E-state index in [0.717, 1.165) is 25.2 Å². The SMILES string of the molecule is O=C(N[C@@H]1C[C@@H]2CC[C@@H]1C2)c1cccc(S(=O)(=O)N2CCCC2)c1. The normalized spacial score (nSPS) is 29.9. The first-order valence-corrected chi connectivity index (χ1v) is 10.4. The van der Waals surface area contributed by atoms with Gasteiger partial charge in [0.25, 0.3) is 5.91 Å². The van der Waals surface area contributed by atoms with Crippen LogP contribution in [0.5, 0.6) is 0 Å². The molecule has 1 aromatic carbocycles. The Hall–Kier alpha value is -1.40. The molecule has 2 aliphatic carbocycles. The molecule has 1 saturated heterocycles. The average Bonchev–Trinajstić information content (AvgIpc) is 3.32. The number of carbonyl (C=O) groups excluding carboxylic acids is 1. The van der Waals surface area contributed by atoms with Crippen molar-refractivity contribution >= 4 is 15.9 Å². The van der Waals surface area contributed by atoms with Gasteiger partial charge in [-0.05, 0) is 62.1 Å². The second kappa shape index (κ2) is 6.15. The van der Waals surface area contributed by atoms with Gasteiger partial charge in [0.05, 0.1) is 4.90 Å². The number of rotatable bonds is 4. The summed E-state index contributed by atoms with van der Waals surface area (Å²) < 4.78 is 26.8. The fourth-order valence-electron chi connectivity index (χ4n) is 4.55. The molecule has 4 rings (SSSR count). The van der Waals surface area contributed by atoms with E-state index in [9.17, 15) is 13.2 Å². The molecule has 0 spiro atoms. The molecule has 6 heteroatoms. The van der Waals surface area contributed by atoms with Crippen LogP contribution in [-0.2, 0) is 10.0 Å². The summed E-state index contributed by atoms with van der Waals surface area (Å²) in [6, 6.07) is 6.73. The predicted octanol–water partition coefficient (Wildman–Crippen LogP) is 2.39. The lowest BCUT2D eigenvalue weighted by atomic mass is 9.95. The van der Waals surface area contributed by atoms with E-state index in [0.29, 0.717) is 24.6 Å². The first-order valence-electron chi connectivity index (χ1n) is 8.95. The van der Waals surface area contributed by atoms with Crippen LogP contribution >= 0.6 is 0 Å². The molecular formula is C18H24N2O3S. The van der Waals surface area contributed by atoms with Crippen molar-refractivity contribution in [1.29, 1.82) is 0 Å². The standard InChI is InChI=1S/C18H24N2O3S/c21-18(19-17-11-13-6-7-14(17)10-13)15-4-3-5-16(12-15)24(22,23)20-8-1-2-9-20/h3-5,12-14,17H,1-2,6-11H2,(H,19,21)/t13-,14-,17-/m1/s1. The van der Waals surface area contributed by atoms with Crippen LogP contribution in [0.4, 0.5) is 0 Å². The molecule has 0 unspecified atom stereocenters. The molecule has 5 nitrogen and oxygen atoms in total. The summed E-state index contributed by atoms with van der Waals surface area (Å²) in [5.41, 5.74) is 0.443. The van der Waals surface area contributed by atoms with Crippen LogP contribution in [0.3, 0.4) is 0 Å². The first kappa shape index (κ1) is 16.1. The van der Waals surface area contributed by atoms with E-state index in [1.54, 1.807) is 18.2 Å². The van der Waals surface area contributed by atoms with Gasteiger partial charge in [-0.25, -0.2) is 8.42 Å². The molecule has 3 aliphatic rings. The molecule has 1 aromatic rings. The Balaban J connectivity index is 1.51. The molecule has 3 atom stereocenters.